The van der Waals surface area contributed by atoms with Crippen LogP contribution in [0.3, 0.4) is 0 Å². The van der Waals surface area contributed by atoms with Gasteiger partial charge in [-0.3, -0.25) is 0 Å². The molecular weight excluding hydrogens is 264 g/mol. The molecule has 0 saturated heterocycles. The van der Waals surface area contributed by atoms with E-state index in [-0.39, 0.29) is 0 Å². The average Bonchev–Trinajstić information content (AvgIpc) is 2.89. The number of aromatic nitrogens is 3. The van der Waals surface area contributed by atoms with Gasteiger partial charge in [0.25, 0.3) is 5.89 Å². The lowest BCUT2D eigenvalue weighted by Gasteiger charge is -1.95. The molecule has 5 nitrogen and oxygen atoms in total. The van der Waals surface area contributed by atoms with Gasteiger partial charge in [-0.15, -0.1) is 0 Å². The molecule has 0 unspecified atom stereocenters. The predicted molar refractivity (Wildman–Crippen MR) is 72.4 cm³/mol. The molecule has 3 aromatic rings. The van der Waals surface area contributed by atoms with E-state index in [0.29, 0.717) is 28.1 Å². The first-order chi connectivity index (χ1) is 9.22. The van der Waals surface area contributed by atoms with E-state index in [1.807, 2.05) is 12.1 Å². The fraction of sp³-hybridized carbons (Fsp3) is 0. The maximum Gasteiger partial charge on any atom is 0.276 e. The van der Waals surface area contributed by atoms with Crippen molar-refractivity contribution in [3.05, 3.63) is 47.6 Å². The van der Waals surface area contributed by atoms with Gasteiger partial charge < -0.3 is 10.3 Å². The summed E-state index contributed by atoms with van der Waals surface area (Å²) in [6, 6.07) is 10.7. The zero-order chi connectivity index (χ0) is 13.2. The number of nitrogen functional groups attached to an aromatic ring is 1. The quantitative estimate of drug-likeness (QED) is 0.726. The van der Waals surface area contributed by atoms with Crippen LogP contribution in [-0.4, -0.2) is 15.1 Å². The summed E-state index contributed by atoms with van der Waals surface area (Å²) in [6.45, 7) is 0. The van der Waals surface area contributed by atoms with E-state index in [1.54, 1.807) is 24.3 Å². The van der Waals surface area contributed by atoms with Gasteiger partial charge in [-0.1, -0.05) is 28.9 Å². The Morgan fingerprint density at radius 2 is 2.05 bits per heavy atom. The Hall–Kier alpha value is -2.40. The normalized spacial score (nSPS) is 10.6. The lowest BCUT2D eigenvalue weighted by molar-refractivity contribution is 0.431. The van der Waals surface area contributed by atoms with Crippen molar-refractivity contribution in [1.82, 2.24) is 15.1 Å². The van der Waals surface area contributed by atoms with E-state index in [2.05, 4.69) is 15.1 Å². The summed E-state index contributed by atoms with van der Waals surface area (Å²) in [7, 11) is 0. The molecule has 0 aliphatic carbocycles. The fourth-order valence-corrected chi connectivity index (χ4v) is 1.74. The van der Waals surface area contributed by atoms with Crippen molar-refractivity contribution < 1.29 is 4.52 Å². The Bertz CT molecular complexity index is 709. The molecule has 2 N–H and O–H groups in total. The molecule has 0 saturated carbocycles. The second kappa shape index (κ2) is 4.70. The lowest BCUT2D eigenvalue weighted by atomic mass is 10.2. The Labute approximate surface area is 114 Å². The molecule has 0 fully saturated rings. The van der Waals surface area contributed by atoms with Crippen LogP contribution in [0.1, 0.15) is 0 Å². The fourth-order valence-electron chi connectivity index (χ4n) is 1.62. The van der Waals surface area contributed by atoms with Crippen molar-refractivity contribution in [3.8, 4) is 23.0 Å². The van der Waals surface area contributed by atoms with E-state index in [9.17, 15) is 0 Å². The molecule has 2 aromatic heterocycles. The van der Waals surface area contributed by atoms with Crippen LogP contribution in [0.4, 0.5) is 5.69 Å². The first-order valence-corrected chi connectivity index (χ1v) is 5.92. The second-order valence-electron chi connectivity index (χ2n) is 3.91. The van der Waals surface area contributed by atoms with Crippen LogP contribution >= 0.6 is 11.6 Å². The Balaban J connectivity index is 1.97. The molecule has 0 aliphatic heterocycles. The number of rotatable bonds is 2. The van der Waals surface area contributed by atoms with E-state index in [1.165, 1.54) is 6.20 Å². The molecule has 94 valence electrons. The molecule has 6 heteroatoms. The van der Waals surface area contributed by atoms with E-state index in [4.69, 9.17) is 21.9 Å². The van der Waals surface area contributed by atoms with Gasteiger partial charge in [0.1, 0.15) is 5.69 Å². The predicted octanol–water partition coefficient (Wildman–Crippen LogP) is 3.03. The molecular formula is C13H9ClN4O. The molecule has 0 atom stereocenters. The standard InChI is InChI=1S/C13H9ClN4O/c14-9-4-5-11(16-7-9)13-17-12(18-19-13)8-2-1-3-10(15)6-8/h1-7H,15H2. The summed E-state index contributed by atoms with van der Waals surface area (Å²) in [5, 5.41) is 4.47. The minimum Gasteiger partial charge on any atom is -0.399 e. The van der Waals surface area contributed by atoms with Crippen LogP contribution in [-0.2, 0) is 0 Å². The number of nitrogens with two attached hydrogens (primary N) is 1. The number of nitrogens with zero attached hydrogens (tertiary/aromatic N) is 3. The maximum absolute atomic E-state index is 5.77. The van der Waals surface area contributed by atoms with Crippen LogP contribution in [0, 0.1) is 0 Å². The van der Waals surface area contributed by atoms with Crippen LogP contribution in [0.2, 0.25) is 5.02 Å². The molecule has 1 aromatic carbocycles. The lowest BCUT2D eigenvalue weighted by Crippen LogP contribution is -1.87. The molecule has 0 radical (unpaired) electrons. The third-order valence-electron chi connectivity index (χ3n) is 2.52. The van der Waals surface area contributed by atoms with Crippen molar-refractivity contribution in [1.29, 1.82) is 0 Å². The van der Waals surface area contributed by atoms with Gasteiger partial charge in [0, 0.05) is 17.4 Å². The number of halogens is 1. The molecule has 0 aliphatic rings. The van der Waals surface area contributed by atoms with Crippen LogP contribution in [0.25, 0.3) is 23.0 Å². The molecule has 19 heavy (non-hydrogen) atoms. The number of hydrogen-bond donors (Lipinski definition) is 1. The van der Waals surface area contributed by atoms with Crippen LogP contribution in [0.15, 0.2) is 47.1 Å². The van der Waals surface area contributed by atoms with Crippen molar-refractivity contribution in [3.63, 3.8) is 0 Å². The van der Waals surface area contributed by atoms with Gasteiger partial charge >= 0.3 is 0 Å². The smallest absolute Gasteiger partial charge is 0.276 e. The summed E-state index contributed by atoms with van der Waals surface area (Å²) in [6.07, 6.45) is 1.53. The highest BCUT2D eigenvalue weighted by Crippen LogP contribution is 2.22. The summed E-state index contributed by atoms with van der Waals surface area (Å²) in [5.41, 5.74) is 7.74. The van der Waals surface area contributed by atoms with Crippen molar-refractivity contribution in [2.75, 3.05) is 5.73 Å². The molecule has 0 spiro atoms. The van der Waals surface area contributed by atoms with Gasteiger partial charge in [0.15, 0.2) is 0 Å². The number of hydrogen-bond acceptors (Lipinski definition) is 5. The largest absolute Gasteiger partial charge is 0.399 e. The van der Waals surface area contributed by atoms with Gasteiger partial charge in [-0.05, 0) is 24.3 Å². The molecule has 3 rings (SSSR count). The average molecular weight is 273 g/mol. The Morgan fingerprint density at radius 3 is 2.79 bits per heavy atom. The third kappa shape index (κ3) is 2.41. The van der Waals surface area contributed by atoms with E-state index in [0.717, 1.165) is 5.56 Å². The first kappa shape index (κ1) is 11.7. The highest BCUT2D eigenvalue weighted by Gasteiger charge is 2.11. The first-order valence-electron chi connectivity index (χ1n) is 5.54. The highest BCUT2D eigenvalue weighted by atomic mass is 35.5. The van der Waals surface area contributed by atoms with E-state index < -0.39 is 0 Å². The number of pyridine rings is 1. The minimum atomic E-state index is 0.342. The Kier molecular flexibility index (Phi) is 2.89. The van der Waals surface area contributed by atoms with Crippen molar-refractivity contribution in [2.45, 2.75) is 0 Å². The minimum absolute atomic E-state index is 0.342. The zero-order valence-corrected chi connectivity index (χ0v) is 10.5. The highest BCUT2D eigenvalue weighted by molar-refractivity contribution is 6.30. The van der Waals surface area contributed by atoms with Crippen LogP contribution in [0.5, 0.6) is 0 Å². The molecule has 0 bridgehead atoms. The van der Waals surface area contributed by atoms with E-state index >= 15 is 0 Å². The number of benzene rings is 1. The summed E-state index contributed by atoms with van der Waals surface area (Å²) >= 11 is 5.77. The second-order valence-corrected chi connectivity index (χ2v) is 4.35. The van der Waals surface area contributed by atoms with Crippen molar-refractivity contribution in [2.24, 2.45) is 0 Å². The summed E-state index contributed by atoms with van der Waals surface area (Å²) < 4.78 is 5.18. The SMILES string of the molecule is Nc1cccc(-c2noc(-c3ccc(Cl)cn3)n2)c1. The van der Waals surface area contributed by atoms with Crippen LogP contribution < -0.4 is 5.73 Å². The van der Waals surface area contributed by atoms with Gasteiger partial charge in [0.2, 0.25) is 5.82 Å². The van der Waals surface area contributed by atoms with Crippen molar-refractivity contribution >= 4 is 17.3 Å². The molecule has 0 amide bonds. The Morgan fingerprint density at radius 1 is 1.16 bits per heavy atom. The summed E-state index contributed by atoms with van der Waals surface area (Å²) in [4.78, 5) is 8.40. The number of anilines is 1. The van der Waals surface area contributed by atoms with Gasteiger partial charge in [-0.2, -0.15) is 4.98 Å². The van der Waals surface area contributed by atoms with Gasteiger partial charge in [0.05, 0.1) is 5.02 Å². The monoisotopic (exact) mass is 272 g/mol. The zero-order valence-electron chi connectivity index (χ0n) is 9.75. The topological polar surface area (TPSA) is 77.8 Å². The maximum atomic E-state index is 5.77. The van der Waals surface area contributed by atoms with Gasteiger partial charge in [-0.25, -0.2) is 4.98 Å². The summed E-state index contributed by atoms with van der Waals surface area (Å²) in [5.74, 6) is 0.813. The third-order valence-corrected chi connectivity index (χ3v) is 2.74. The molecule has 2 heterocycles.